The molecule has 2 heterocycles. The van der Waals surface area contributed by atoms with Crippen LogP contribution in [0.15, 0.2) is 88.0 Å². The first kappa shape index (κ1) is 25.4. The monoisotopic (exact) mass is 584 g/mol. The lowest BCUT2D eigenvalue weighted by Crippen LogP contribution is -2.45. The highest BCUT2D eigenvalue weighted by Crippen LogP contribution is 2.52. The van der Waals surface area contributed by atoms with Gasteiger partial charge in [-0.15, -0.1) is 0 Å². The maximum atomic E-state index is 14.0. The molecule has 0 fully saturated rings. The Hall–Kier alpha value is -3.84. The van der Waals surface area contributed by atoms with Crippen molar-refractivity contribution < 1.29 is 19.4 Å². The second kappa shape index (κ2) is 9.42. The number of rotatable bonds is 3. The van der Waals surface area contributed by atoms with Gasteiger partial charge in [-0.2, -0.15) is 0 Å². The van der Waals surface area contributed by atoms with Crippen molar-refractivity contribution in [2.75, 3.05) is 11.7 Å². The summed E-state index contributed by atoms with van der Waals surface area (Å²) in [6.07, 6.45) is 0.994. The van der Waals surface area contributed by atoms with Crippen LogP contribution in [-0.2, 0) is 4.79 Å². The lowest BCUT2D eigenvalue weighted by molar-refractivity contribution is -0.118. The summed E-state index contributed by atoms with van der Waals surface area (Å²) in [5.74, 6) is 0.721. The van der Waals surface area contributed by atoms with Gasteiger partial charge in [0, 0.05) is 44.9 Å². The van der Waals surface area contributed by atoms with Crippen LogP contribution < -0.4 is 14.4 Å². The molecule has 0 saturated heterocycles. The maximum Gasteiger partial charge on any atom is 0.231 e. The lowest BCUT2D eigenvalue weighted by Gasteiger charge is -2.45. The fourth-order valence-electron chi connectivity index (χ4n) is 5.81. The molecule has 3 aromatic carbocycles. The van der Waals surface area contributed by atoms with Gasteiger partial charge in [0.25, 0.3) is 0 Å². The number of anilines is 1. The number of ketones is 1. The van der Waals surface area contributed by atoms with Gasteiger partial charge >= 0.3 is 0 Å². The molecular formula is C32H29BrN2O4. The number of Topliss-reactive ketones (excluding diaryl/α,β-unsaturated/α-hetero) is 1. The first-order valence-electron chi connectivity index (χ1n) is 12.9. The third kappa shape index (κ3) is 4.44. The van der Waals surface area contributed by atoms with Crippen molar-refractivity contribution in [3.05, 3.63) is 105 Å². The molecule has 0 bridgehead atoms. The number of fused-ring (bicyclic) bond motifs is 1. The van der Waals surface area contributed by atoms with Gasteiger partial charge in [0.15, 0.2) is 17.3 Å². The molecule has 0 spiro atoms. The predicted molar refractivity (Wildman–Crippen MR) is 155 cm³/mol. The number of halogens is 1. The summed E-state index contributed by atoms with van der Waals surface area (Å²) in [4.78, 5) is 15.9. The first-order valence-corrected chi connectivity index (χ1v) is 13.7. The van der Waals surface area contributed by atoms with E-state index < -0.39 is 5.92 Å². The number of aliphatic hydroxyl groups is 1. The smallest absolute Gasteiger partial charge is 0.231 e. The van der Waals surface area contributed by atoms with E-state index >= 15 is 0 Å². The van der Waals surface area contributed by atoms with E-state index in [1.807, 2.05) is 78.6 Å². The van der Waals surface area contributed by atoms with Crippen LogP contribution in [0, 0.1) is 17.7 Å². The van der Waals surface area contributed by atoms with E-state index in [1.165, 1.54) is 0 Å². The quantitative estimate of drug-likeness (QED) is 0.308. The molecule has 0 saturated carbocycles. The molecule has 0 aromatic heterocycles. The number of ether oxygens (including phenoxy) is 2. The van der Waals surface area contributed by atoms with Crippen molar-refractivity contribution >= 4 is 39.0 Å². The Morgan fingerprint density at radius 2 is 1.77 bits per heavy atom. The molecule has 198 valence electrons. The SMILES string of the molecule is Cc1ccc(/C(O)=C2\C(=N)N(c3cccc(Br)c3)C3=C(C(=O)CC(C)(C)C3)C2c2ccc3c(c2)OCO3)cc1. The number of aryl methyl sites for hydroxylation is 1. The van der Waals surface area contributed by atoms with E-state index in [0.717, 1.165) is 27.0 Å². The third-order valence-electron chi connectivity index (χ3n) is 7.60. The van der Waals surface area contributed by atoms with Gasteiger partial charge in [-0.3, -0.25) is 15.1 Å². The Bertz CT molecular complexity index is 1590. The van der Waals surface area contributed by atoms with Crippen LogP contribution in [0.4, 0.5) is 5.69 Å². The van der Waals surface area contributed by atoms with E-state index in [-0.39, 0.29) is 29.6 Å². The highest BCUT2D eigenvalue weighted by Gasteiger charge is 2.47. The van der Waals surface area contributed by atoms with Crippen LogP contribution in [-0.4, -0.2) is 23.5 Å². The fraction of sp³-hybridized carbons (Fsp3) is 0.250. The van der Waals surface area contributed by atoms with Crippen LogP contribution in [0.1, 0.15) is 49.3 Å². The number of carbonyl (C=O) groups is 1. The summed E-state index contributed by atoms with van der Waals surface area (Å²) in [6, 6.07) is 20.9. The minimum Gasteiger partial charge on any atom is -0.507 e. The summed E-state index contributed by atoms with van der Waals surface area (Å²) < 4.78 is 12.1. The van der Waals surface area contributed by atoms with Crippen LogP contribution in [0.2, 0.25) is 0 Å². The molecule has 0 amide bonds. The average Bonchev–Trinajstić information content (AvgIpc) is 3.35. The van der Waals surface area contributed by atoms with Crippen LogP contribution in [0.3, 0.4) is 0 Å². The molecule has 1 unspecified atom stereocenters. The zero-order valence-corrected chi connectivity index (χ0v) is 23.6. The second-order valence-corrected chi connectivity index (χ2v) is 12.1. The Kier molecular flexibility index (Phi) is 6.14. The second-order valence-electron chi connectivity index (χ2n) is 11.1. The molecule has 3 aromatic rings. The van der Waals surface area contributed by atoms with Crippen molar-refractivity contribution in [1.82, 2.24) is 0 Å². The van der Waals surface area contributed by atoms with Crippen molar-refractivity contribution in [2.24, 2.45) is 5.41 Å². The van der Waals surface area contributed by atoms with Crippen LogP contribution in [0.5, 0.6) is 11.5 Å². The lowest BCUT2D eigenvalue weighted by atomic mass is 9.67. The zero-order valence-electron chi connectivity index (χ0n) is 22.0. The molecule has 0 radical (unpaired) electrons. The molecule has 6 rings (SSSR count). The van der Waals surface area contributed by atoms with E-state index in [1.54, 1.807) is 0 Å². The highest BCUT2D eigenvalue weighted by atomic mass is 79.9. The number of aliphatic hydroxyl groups excluding tert-OH is 1. The van der Waals surface area contributed by atoms with Crippen LogP contribution in [0.25, 0.3) is 5.76 Å². The van der Waals surface area contributed by atoms with Gasteiger partial charge in [-0.05, 0) is 54.7 Å². The van der Waals surface area contributed by atoms with Gasteiger partial charge in [-0.1, -0.05) is 71.7 Å². The van der Waals surface area contributed by atoms with Crippen LogP contribution >= 0.6 is 15.9 Å². The van der Waals surface area contributed by atoms with Gasteiger partial charge in [0.05, 0.1) is 0 Å². The minimum atomic E-state index is -0.643. The highest BCUT2D eigenvalue weighted by molar-refractivity contribution is 9.10. The Morgan fingerprint density at radius 1 is 1.03 bits per heavy atom. The molecule has 1 aliphatic carbocycles. The van der Waals surface area contributed by atoms with E-state index in [9.17, 15) is 15.3 Å². The normalized spacial score (nSPS) is 21.2. The number of carbonyl (C=O) groups excluding carboxylic acids is 1. The largest absolute Gasteiger partial charge is 0.507 e. The van der Waals surface area contributed by atoms with Crippen molar-refractivity contribution in [3.8, 4) is 11.5 Å². The van der Waals surface area contributed by atoms with Gasteiger partial charge in [0.2, 0.25) is 6.79 Å². The molecule has 39 heavy (non-hydrogen) atoms. The maximum absolute atomic E-state index is 14.0. The molecule has 1 atom stereocenters. The molecule has 6 nitrogen and oxygen atoms in total. The minimum absolute atomic E-state index is 0.0191. The van der Waals surface area contributed by atoms with Crippen molar-refractivity contribution in [1.29, 1.82) is 5.41 Å². The summed E-state index contributed by atoms with van der Waals surface area (Å²) >= 11 is 3.57. The summed E-state index contributed by atoms with van der Waals surface area (Å²) in [6.45, 7) is 6.29. The predicted octanol–water partition coefficient (Wildman–Crippen LogP) is 7.68. The number of amidine groups is 1. The number of hydrogen-bond donors (Lipinski definition) is 2. The zero-order chi connectivity index (χ0) is 27.5. The van der Waals surface area contributed by atoms with E-state index in [2.05, 4.69) is 29.8 Å². The summed E-state index contributed by atoms with van der Waals surface area (Å²) in [5.41, 5.74) is 4.68. The van der Waals surface area contributed by atoms with Gasteiger partial charge in [0.1, 0.15) is 11.6 Å². The first-order chi connectivity index (χ1) is 18.6. The van der Waals surface area contributed by atoms with E-state index in [0.29, 0.717) is 41.1 Å². The molecular weight excluding hydrogens is 556 g/mol. The molecule has 2 aliphatic heterocycles. The average molecular weight is 585 g/mol. The Labute approximate surface area is 236 Å². The van der Waals surface area contributed by atoms with Gasteiger partial charge in [-0.25, -0.2) is 0 Å². The van der Waals surface area contributed by atoms with Crippen molar-refractivity contribution in [2.45, 2.75) is 39.5 Å². The van der Waals surface area contributed by atoms with E-state index in [4.69, 9.17) is 9.47 Å². The number of hydrogen-bond acceptors (Lipinski definition) is 5. The molecule has 3 aliphatic rings. The molecule has 2 N–H and O–H groups in total. The number of allylic oxidation sites excluding steroid dienone is 2. The van der Waals surface area contributed by atoms with Gasteiger partial charge < -0.3 is 14.6 Å². The topological polar surface area (TPSA) is 82.9 Å². The van der Waals surface area contributed by atoms with Crippen molar-refractivity contribution in [3.63, 3.8) is 0 Å². The third-order valence-corrected chi connectivity index (χ3v) is 8.09. The Morgan fingerprint density at radius 3 is 2.51 bits per heavy atom. The number of nitrogens with zero attached hydrogens (tertiary/aromatic N) is 1. The fourth-order valence-corrected chi connectivity index (χ4v) is 6.19. The summed E-state index contributed by atoms with van der Waals surface area (Å²) in [7, 11) is 0. The standard InChI is InChI=1S/C32H29BrN2O4/c1-18-7-9-19(10-8-18)30(37)29-27(20-11-12-25-26(13-20)39-17-38-25)28-23(15-32(2,3)16-24(28)36)35(31(29)34)22-6-4-5-21(33)14-22/h4-14,27,34,37H,15-17H2,1-3H3/b30-29+,34-31?. The number of benzene rings is 3. The Balaban J connectivity index is 1.67. The summed E-state index contributed by atoms with van der Waals surface area (Å²) in [5, 5.41) is 21.4. The number of nitrogens with one attached hydrogen (secondary N) is 1. The molecule has 7 heteroatoms.